The Morgan fingerprint density at radius 2 is 2.07 bits per heavy atom. The smallest absolute Gasteiger partial charge is 0.317 e. The molecule has 1 aliphatic carbocycles. The van der Waals surface area contributed by atoms with Gasteiger partial charge in [0.1, 0.15) is 0 Å². The summed E-state index contributed by atoms with van der Waals surface area (Å²) in [4.78, 5) is 10.4. The Balaban J connectivity index is 1.75. The zero-order valence-corrected chi connectivity index (χ0v) is 17.6. The molecule has 0 radical (unpaired) electrons. The van der Waals surface area contributed by atoms with Crippen LogP contribution in [0.2, 0.25) is 0 Å². The summed E-state index contributed by atoms with van der Waals surface area (Å²) in [5.41, 5.74) is 0.647. The van der Waals surface area contributed by atoms with E-state index in [2.05, 4.69) is 10.0 Å². The van der Waals surface area contributed by atoms with E-state index < -0.39 is 27.9 Å². The van der Waals surface area contributed by atoms with E-state index in [1.165, 1.54) is 18.9 Å². The predicted molar refractivity (Wildman–Crippen MR) is 109 cm³/mol. The van der Waals surface area contributed by atoms with E-state index in [1.807, 2.05) is 0 Å². The van der Waals surface area contributed by atoms with Crippen LogP contribution in [0, 0.1) is 11.7 Å². The van der Waals surface area contributed by atoms with E-state index in [-0.39, 0.29) is 18.0 Å². The van der Waals surface area contributed by atoms with Crippen molar-refractivity contribution < 1.29 is 27.4 Å². The fourth-order valence-electron chi connectivity index (χ4n) is 2.95. The highest BCUT2D eigenvalue weighted by atomic mass is 32.2. The lowest BCUT2D eigenvalue weighted by Gasteiger charge is -2.16. The van der Waals surface area contributed by atoms with Crippen LogP contribution in [0.1, 0.15) is 57.1 Å². The summed E-state index contributed by atoms with van der Waals surface area (Å²) in [6.45, 7) is 2.62. The number of aliphatic carboxylic acids is 1. The Morgan fingerprint density at radius 3 is 2.76 bits per heavy atom. The normalized spacial score (nSPS) is 15.2. The van der Waals surface area contributed by atoms with Gasteiger partial charge in [-0.3, -0.25) is 4.79 Å². The molecule has 0 amide bonds. The summed E-state index contributed by atoms with van der Waals surface area (Å²) in [5.74, 6) is -0.524. The average Bonchev–Trinajstić information content (AvgIpc) is 3.46. The van der Waals surface area contributed by atoms with Crippen molar-refractivity contribution in [2.75, 3.05) is 25.4 Å². The molecule has 0 aromatic heterocycles. The first-order chi connectivity index (χ1) is 13.8. The summed E-state index contributed by atoms with van der Waals surface area (Å²) >= 11 is 0. The number of sulfonamides is 1. The molecule has 1 unspecified atom stereocenters. The number of unbranched alkanes of at least 4 members (excludes halogenated alkanes) is 2. The van der Waals surface area contributed by atoms with Gasteiger partial charge in [-0.1, -0.05) is 25.3 Å². The highest BCUT2D eigenvalue weighted by molar-refractivity contribution is 7.89. The fraction of sp³-hybridized carbons (Fsp3) is 0.650. The minimum atomic E-state index is -3.48. The van der Waals surface area contributed by atoms with Crippen molar-refractivity contribution >= 4 is 16.0 Å². The summed E-state index contributed by atoms with van der Waals surface area (Å²) in [6, 6.07) is 3.92. The SMILES string of the molecule is CC(NS(=O)(=O)CCCCCNCC(=O)O)c1ccc(F)c(OCCC2CC2)c1. The molecular weight excluding hydrogens is 399 g/mol. The van der Waals surface area contributed by atoms with Gasteiger partial charge in [-0.2, -0.15) is 0 Å². The van der Waals surface area contributed by atoms with Gasteiger partial charge >= 0.3 is 5.97 Å². The molecule has 0 aliphatic heterocycles. The Bertz CT molecular complexity index is 768. The Labute approximate surface area is 172 Å². The van der Waals surface area contributed by atoms with Gasteiger partial charge < -0.3 is 15.2 Å². The standard InChI is InChI=1S/C20H31FN2O5S/c1-15(23-29(26,27)12-4-2-3-10-22-14-20(24)25)17-7-8-18(21)19(13-17)28-11-9-16-5-6-16/h7-8,13,15-16,22-23H,2-6,9-12,14H2,1H3,(H,24,25). The molecule has 9 heteroatoms. The van der Waals surface area contributed by atoms with Gasteiger partial charge in [0.05, 0.1) is 18.9 Å². The molecule has 0 heterocycles. The van der Waals surface area contributed by atoms with Crippen LogP contribution in [0.5, 0.6) is 5.75 Å². The second kappa shape index (κ2) is 11.5. The molecule has 1 aromatic carbocycles. The molecule has 1 saturated carbocycles. The van der Waals surface area contributed by atoms with E-state index >= 15 is 0 Å². The maximum Gasteiger partial charge on any atom is 0.317 e. The molecule has 29 heavy (non-hydrogen) atoms. The maximum atomic E-state index is 13.9. The van der Waals surface area contributed by atoms with Crippen molar-refractivity contribution in [3.05, 3.63) is 29.6 Å². The molecule has 164 valence electrons. The lowest BCUT2D eigenvalue weighted by molar-refractivity contribution is -0.135. The number of carboxylic acids is 1. The highest BCUT2D eigenvalue weighted by Crippen LogP contribution is 2.32. The minimum Gasteiger partial charge on any atom is -0.490 e. The largest absolute Gasteiger partial charge is 0.490 e. The molecule has 1 aromatic rings. The van der Waals surface area contributed by atoms with Gasteiger partial charge in [-0.25, -0.2) is 17.5 Å². The van der Waals surface area contributed by atoms with Gasteiger partial charge in [0, 0.05) is 6.04 Å². The third kappa shape index (κ3) is 9.56. The Hall–Kier alpha value is -1.71. The predicted octanol–water partition coefficient (Wildman–Crippen LogP) is 2.83. The summed E-state index contributed by atoms with van der Waals surface area (Å²) < 4.78 is 46.7. The van der Waals surface area contributed by atoms with Crippen LogP contribution in [0.4, 0.5) is 4.39 Å². The van der Waals surface area contributed by atoms with Gasteiger partial charge in [-0.05, 0) is 56.3 Å². The first-order valence-corrected chi connectivity index (χ1v) is 11.8. The number of carbonyl (C=O) groups is 1. The number of carboxylic acid groups (broad SMARTS) is 1. The number of benzene rings is 1. The van der Waals surface area contributed by atoms with Crippen molar-refractivity contribution in [2.24, 2.45) is 5.92 Å². The second-order valence-corrected chi connectivity index (χ2v) is 9.43. The zero-order chi connectivity index (χ0) is 21.3. The van der Waals surface area contributed by atoms with Gasteiger partial charge in [0.15, 0.2) is 11.6 Å². The summed E-state index contributed by atoms with van der Waals surface area (Å²) in [6.07, 6.45) is 5.20. The van der Waals surface area contributed by atoms with Crippen LogP contribution in [-0.2, 0) is 14.8 Å². The molecule has 2 rings (SSSR count). The van der Waals surface area contributed by atoms with Crippen LogP contribution >= 0.6 is 0 Å². The van der Waals surface area contributed by atoms with Crippen LogP contribution in [0.3, 0.4) is 0 Å². The number of hydrogen-bond acceptors (Lipinski definition) is 5. The number of nitrogens with one attached hydrogen (secondary N) is 2. The van der Waals surface area contributed by atoms with Crippen LogP contribution < -0.4 is 14.8 Å². The third-order valence-electron chi connectivity index (χ3n) is 4.84. The van der Waals surface area contributed by atoms with Crippen LogP contribution in [-0.4, -0.2) is 44.9 Å². The maximum absolute atomic E-state index is 13.9. The van der Waals surface area contributed by atoms with Gasteiger partial charge in [0.2, 0.25) is 10.0 Å². The number of ether oxygens (including phenoxy) is 1. The van der Waals surface area contributed by atoms with E-state index in [0.29, 0.717) is 43.9 Å². The van der Waals surface area contributed by atoms with Crippen molar-refractivity contribution in [3.63, 3.8) is 0 Å². The van der Waals surface area contributed by atoms with Gasteiger partial charge in [0.25, 0.3) is 0 Å². The van der Waals surface area contributed by atoms with Crippen molar-refractivity contribution in [1.29, 1.82) is 0 Å². The fourth-order valence-corrected chi connectivity index (χ4v) is 4.33. The molecule has 1 atom stereocenters. The number of rotatable bonds is 15. The first-order valence-electron chi connectivity index (χ1n) is 10.1. The third-order valence-corrected chi connectivity index (χ3v) is 6.37. The van der Waals surface area contributed by atoms with Crippen LogP contribution in [0.15, 0.2) is 18.2 Å². The lowest BCUT2D eigenvalue weighted by atomic mass is 10.1. The zero-order valence-electron chi connectivity index (χ0n) is 16.8. The molecule has 1 fully saturated rings. The number of halogens is 1. The molecule has 3 N–H and O–H groups in total. The minimum absolute atomic E-state index is 0.0117. The Kier molecular flexibility index (Phi) is 9.32. The second-order valence-electron chi connectivity index (χ2n) is 7.56. The summed E-state index contributed by atoms with van der Waals surface area (Å²) in [5, 5.41) is 11.3. The molecule has 7 nitrogen and oxygen atoms in total. The molecule has 1 aliphatic rings. The van der Waals surface area contributed by atoms with Crippen molar-refractivity contribution in [1.82, 2.24) is 10.0 Å². The number of hydrogen-bond donors (Lipinski definition) is 3. The van der Waals surface area contributed by atoms with Crippen molar-refractivity contribution in [3.8, 4) is 5.75 Å². The van der Waals surface area contributed by atoms with E-state index in [9.17, 15) is 17.6 Å². The van der Waals surface area contributed by atoms with E-state index in [4.69, 9.17) is 9.84 Å². The molecular formula is C20H31FN2O5S. The molecule has 0 bridgehead atoms. The van der Waals surface area contributed by atoms with E-state index in [1.54, 1.807) is 19.1 Å². The molecule has 0 saturated heterocycles. The van der Waals surface area contributed by atoms with Gasteiger partial charge in [-0.15, -0.1) is 0 Å². The summed E-state index contributed by atoms with van der Waals surface area (Å²) in [7, 11) is -3.48. The molecule has 0 spiro atoms. The van der Waals surface area contributed by atoms with Crippen molar-refractivity contribution in [2.45, 2.75) is 51.5 Å². The highest BCUT2D eigenvalue weighted by Gasteiger charge is 2.21. The average molecular weight is 431 g/mol. The van der Waals surface area contributed by atoms with E-state index in [0.717, 1.165) is 6.42 Å². The lowest BCUT2D eigenvalue weighted by Crippen LogP contribution is -2.29. The monoisotopic (exact) mass is 430 g/mol. The topological polar surface area (TPSA) is 105 Å². The van der Waals surface area contributed by atoms with Crippen LogP contribution in [0.25, 0.3) is 0 Å². The quantitative estimate of drug-likeness (QED) is 0.370. The first kappa shape index (κ1) is 23.6. The Morgan fingerprint density at radius 1 is 1.31 bits per heavy atom.